The molecule has 1 aromatic carbocycles. The summed E-state index contributed by atoms with van der Waals surface area (Å²) >= 11 is 0. The smallest absolute Gasteiger partial charge is 0.335 e. The van der Waals surface area contributed by atoms with Crippen LogP contribution >= 0.6 is 0 Å². The quantitative estimate of drug-likeness (QED) is 0.853. The molecular formula is C15H18N2O4. The molecule has 1 atom stereocenters. The molecule has 2 N–H and O–H groups in total. The molecule has 1 aliphatic heterocycles. The molecule has 1 aliphatic rings. The molecule has 1 unspecified atom stereocenters. The predicted molar refractivity (Wildman–Crippen MR) is 75.9 cm³/mol. The van der Waals surface area contributed by atoms with Crippen LogP contribution in [0.15, 0.2) is 24.3 Å². The van der Waals surface area contributed by atoms with Crippen molar-refractivity contribution in [1.29, 1.82) is 0 Å². The van der Waals surface area contributed by atoms with Crippen LogP contribution in [0.3, 0.4) is 0 Å². The maximum Gasteiger partial charge on any atom is 0.335 e. The third-order valence-electron chi connectivity index (χ3n) is 3.56. The van der Waals surface area contributed by atoms with Crippen molar-refractivity contribution in [3.05, 3.63) is 35.4 Å². The summed E-state index contributed by atoms with van der Waals surface area (Å²) in [7, 11) is 1.73. The number of hydrogen-bond acceptors (Lipinski definition) is 3. The highest BCUT2D eigenvalue weighted by atomic mass is 16.4. The van der Waals surface area contributed by atoms with Crippen LogP contribution < -0.4 is 5.32 Å². The lowest BCUT2D eigenvalue weighted by Gasteiger charge is -2.30. The van der Waals surface area contributed by atoms with E-state index in [1.165, 1.54) is 12.1 Å². The van der Waals surface area contributed by atoms with Gasteiger partial charge in [0.05, 0.1) is 12.0 Å². The summed E-state index contributed by atoms with van der Waals surface area (Å²) in [5.74, 6) is -1.00. The minimum absolute atomic E-state index is 0.0153. The van der Waals surface area contributed by atoms with Gasteiger partial charge in [-0.3, -0.25) is 9.59 Å². The molecule has 0 saturated carbocycles. The Hall–Kier alpha value is -2.37. The number of amides is 2. The second kappa shape index (κ2) is 6.39. The number of carbonyl (C=O) groups is 3. The first kappa shape index (κ1) is 15.0. The highest BCUT2D eigenvalue weighted by molar-refractivity contribution is 5.87. The summed E-state index contributed by atoms with van der Waals surface area (Å²) in [5.41, 5.74) is 0.962. The van der Waals surface area contributed by atoms with Crippen molar-refractivity contribution >= 4 is 17.8 Å². The molecule has 0 radical (unpaired) electrons. The van der Waals surface area contributed by atoms with E-state index in [-0.39, 0.29) is 29.8 Å². The van der Waals surface area contributed by atoms with Gasteiger partial charge in [-0.05, 0) is 24.1 Å². The molecule has 1 saturated heterocycles. The number of piperidine rings is 1. The molecule has 112 valence electrons. The summed E-state index contributed by atoms with van der Waals surface area (Å²) in [4.78, 5) is 35.7. The second-order valence-corrected chi connectivity index (χ2v) is 5.26. The van der Waals surface area contributed by atoms with E-state index in [0.717, 1.165) is 5.56 Å². The number of carboxylic acid groups (broad SMARTS) is 1. The van der Waals surface area contributed by atoms with Gasteiger partial charge in [-0.25, -0.2) is 4.79 Å². The van der Waals surface area contributed by atoms with Crippen LogP contribution in [0.2, 0.25) is 0 Å². The lowest BCUT2D eigenvalue weighted by Crippen LogP contribution is -2.48. The van der Waals surface area contributed by atoms with E-state index < -0.39 is 5.97 Å². The average molecular weight is 290 g/mol. The maximum atomic E-state index is 12.0. The maximum absolute atomic E-state index is 12.0. The number of hydrogen-bond donors (Lipinski definition) is 2. The van der Waals surface area contributed by atoms with Gasteiger partial charge in [0.25, 0.3) is 0 Å². The van der Waals surface area contributed by atoms with E-state index in [1.807, 2.05) is 0 Å². The lowest BCUT2D eigenvalue weighted by molar-refractivity contribution is -0.133. The van der Waals surface area contributed by atoms with E-state index in [1.54, 1.807) is 24.1 Å². The number of carbonyl (C=O) groups excluding carboxylic acids is 2. The fourth-order valence-corrected chi connectivity index (χ4v) is 2.36. The molecule has 21 heavy (non-hydrogen) atoms. The summed E-state index contributed by atoms with van der Waals surface area (Å²) in [6, 6.07) is 6.23. The average Bonchev–Trinajstić information content (AvgIpc) is 2.43. The van der Waals surface area contributed by atoms with Gasteiger partial charge in [0.2, 0.25) is 11.8 Å². The number of likely N-dealkylation sites (tertiary alicyclic amines) is 1. The van der Waals surface area contributed by atoms with Crippen LogP contribution in [-0.2, 0) is 16.0 Å². The van der Waals surface area contributed by atoms with E-state index in [9.17, 15) is 14.4 Å². The van der Waals surface area contributed by atoms with Crippen LogP contribution in [0.25, 0.3) is 0 Å². The SMILES string of the molecule is CN1CC(NC(=O)Cc2ccc(C(=O)O)cc2)CCC1=O. The molecule has 1 heterocycles. The number of carboxylic acids is 1. The van der Waals surface area contributed by atoms with Crippen molar-refractivity contribution in [2.75, 3.05) is 13.6 Å². The number of nitrogens with zero attached hydrogens (tertiary/aromatic N) is 1. The van der Waals surface area contributed by atoms with Gasteiger partial charge >= 0.3 is 5.97 Å². The van der Waals surface area contributed by atoms with Gasteiger partial charge in [0.15, 0.2) is 0 Å². The van der Waals surface area contributed by atoms with Crippen LogP contribution in [0.5, 0.6) is 0 Å². The largest absolute Gasteiger partial charge is 0.478 e. The molecule has 0 aromatic heterocycles. The Kier molecular flexibility index (Phi) is 4.57. The van der Waals surface area contributed by atoms with Crippen LogP contribution in [0, 0.1) is 0 Å². The Balaban J connectivity index is 1.87. The van der Waals surface area contributed by atoms with Crippen molar-refractivity contribution in [2.45, 2.75) is 25.3 Å². The molecular weight excluding hydrogens is 272 g/mol. The van der Waals surface area contributed by atoms with Gasteiger partial charge in [-0.1, -0.05) is 12.1 Å². The van der Waals surface area contributed by atoms with E-state index in [0.29, 0.717) is 19.4 Å². The van der Waals surface area contributed by atoms with Gasteiger partial charge in [-0.2, -0.15) is 0 Å². The van der Waals surface area contributed by atoms with E-state index in [2.05, 4.69) is 5.32 Å². The first-order chi connectivity index (χ1) is 9.95. The Morgan fingerprint density at radius 2 is 2.00 bits per heavy atom. The van der Waals surface area contributed by atoms with E-state index in [4.69, 9.17) is 5.11 Å². The summed E-state index contributed by atoms with van der Waals surface area (Å²) in [6.45, 7) is 0.530. The fraction of sp³-hybridized carbons (Fsp3) is 0.400. The first-order valence-corrected chi connectivity index (χ1v) is 6.81. The summed E-state index contributed by atoms with van der Waals surface area (Å²) < 4.78 is 0. The Labute approximate surface area is 122 Å². The number of nitrogens with one attached hydrogen (secondary N) is 1. The monoisotopic (exact) mass is 290 g/mol. The fourth-order valence-electron chi connectivity index (χ4n) is 2.36. The van der Waals surface area contributed by atoms with Crippen molar-refractivity contribution in [3.8, 4) is 0 Å². The molecule has 2 rings (SSSR count). The van der Waals surface area contributed by atoms with Crippen LogP contribution in [-0.4, -0.2) is 47.4 Å². The molecule has 0 spiro atoms. The topological polar surface area (TPSA) is 86.7 Å². The van der Waals surface area contributed by atoms with Gasteiger partial charge in [0.1, 0.15) is 0 Å². The third kappa shape index (κ3) is 4.05. The predicted octanol–water partition coefficient (Wildman–Crippen LogP) is 0.664. The third-order valence-corrected chi connectivity index (χ3v) is 3.56. The van der Waals surface area contributed by atoms with Crippen molar-refractivity contribution < 1.29 is 19.5 Å². The number of benzene rings is 1. The van der Waals surface area contributed by atoms with E-state index >= 15 is 0 Å². The number of aromatic carboxylic acids is 1. The second-order valence-electron chi connectivity index (χ2n) is 5.26. The number of rotatable bonds is 4. The minimum atomic E-state index is -0.985. The normalized spacial score (nSPS) is 18.4. The van der Waals surface area contributed by atoms with Crippen LogP contribution in [0.1, 0.15) is 28.8 Å². The highest BCUT2D eigenvalue weighted by Crippen LogP contribution is 2.10. The number of likely N-dealkylation sites (N-methyl/N-ethyl adjacent to an activating group) is 1. The zero-order chi connectivity index (χ0) is 15.4. The van der Waals surface area contributed by atoms with Crippen molar-refractivity contribution in [3.63, 3.8) is 0 Å². The minimum Gasteiger partial charge on any atom is -0.478 e. The highest BCUT2D eigenvalue weighted by Gasteiger charge is 2.23. The Morgan fingerprint density at radius 1 is 1.33 bits per heavy atom. The van der Waals surface area contributed by atoms with Crippen LogP contribution in [0.4, 0.5) is 0 Å². The molecule has 0 aliphatic carbocycles. The Morgan fingerprint density at radius 3 is 2.57 bits per heavy atom. The molecule has 2 amide bonds. The van der Waals surface area contributed by atoms with Crippen molar-refractivity contribution in [1.82, 2.24) is 10.2 Å². The Bertz CT molecular complexity index is 553. The molecule has 6 nitrogen and oxygen atoms in total. The summed E-state index contributed by atoms with van der Waals surface area (Å²) in [5, 5.41) is 11.7. The van der Waals surface area contributed by atoms with Gasteiger partial charge in [-0.15, -0.1) is 0 Å². The van der Waals surface area contributed by atoms with Gasteiger partial charge < -0.3 is 15.3 Å². The molecule has 6 heteroatoms. The zero-order valence-corrected chi connectivity index (χ0v) is 11.8. The van der Waals surface area contributed by atoms with Crippen molar-refractivity contribution in [2.24, 2.45) is 0 Å². The molecule has 1 fully saturated rings. The standard InChI is InChI=1S/C15H18N2O4/c1-17-9-12(6-7-14(17)19)16-13(18)8-10-2-4-11(5-3-10)15(20)21/h2-5,12H,6-9H2,1H3,(H,16,18)(H,20,21). The summed E-state index contributed by atoms with van der Waals surface area (Å²) in [6.07, 6.45) is 1.32. The molecule has 1 aromatic rings. The zero-order valence-electron chi connectivity index (χ0n) is 11.8. The lowest BCUT2D eigenvalue weighted by atomic mass is 10.0. The first-order valence-electron chi connectivity index (χ1n) is 6.81. The molecule has 0 bridgehead atoms. The van der Waals surface area contributed by atoms with Gasteiger partial charge in [0, 0.05) is 26.1 Å².